The molecule has 0 saturated carbocycles. The van der Waals surface area contributed by atoms with Crippen LogP contribution in [0.15, 0.2) is 24.3 Å². The summed E-state index contributed by atoms with van der Waals surface area (Å²) in [6.45, 7) is 4.33. The van der Waals surface area contributed by atoms with E-state index in [9.17, 15) is 8.42 Å². The molecule has 1 atom stereocenters. The molecule has 1 aromatic rings. The van der Waals surface area contributed by atoms with Gasteiger partial charge in [-0.15, -0.1) is 0 Å². The molecule has 0 radical (unpaired) electrons. The van der Waals surface area contributed by atoms with Crippen molar-refractivity contribution in [2.24, 2.45) is 5.92 Å². The quantitative estimate of drug-likeness (QED) is 0.879. The fraction of sp³-hybridized carbons (Fsp3) is 0.625. The van der Waals surface area contributed by atoms with Gasteiger partial charge in [0.1, 0.15) is 0 Å². The highest BCUT2D eigenvalue weighted by Crippen LogP contribution is 2.21. The van der Waals surface area contributed by atoms with E-state index in [0.717, 1.165) is 32.2 Å². The number of aryl methyl sites for hydroxylation is 1. The van der Waals surface area contributed by atoms with Crippen LogP contribution < -0.4 is 5.32 Å². The first-order valence-corrected chi connectivity index (χ1v) is 9.62. The van der Waals surface area contributed by atoms with Crippen LogP contribution in [0.25, 0.3) is 0 Å². The van der Waals surface area contributed by atoms with Gasteiger partial charge < -0.3 is 5.32 Å². The second kappa shape index (κ2) is 7.27. The summed E-state index contributed by atoms with van der Waals surface area (Å²) in [4.78, 5) is 0. The lowest BCUT2D eigenvalue weighted by atomic mass is 9.99. The molecule has 118 valence electrons. The van der Waals surface area contributed by atoms with E-state index in [2.05, 4.69) is 30.4 Å². The summed E-state index contributed by atoms with van der Waals surface area (Å²) in [5.41, 5.74) is 2.53. The monoisotopic (exact) mass is 310 g/mol. The molecule has 1 heterocycles. The Hall–Kier alpha value is -1.07. The summed E-state index contributed by atoms with van der Waals surface area (Å²) in [7, 11) is -3.05. The lowest BCUT2D eigenvalue weighted by Crippen LogP contribution is -2.41. The molecular formula is C16H26N2O2S. The van der Waals surface area contributed by atoms with Gasteiger partial charge in [-0.1, -0.05) is 31.5 Å². The van der Waals surface area contributed by atoms with E-state index in [-0.39, 0.29) is 0 Å². The summed E-state index contributed by atoms with van der Waals surface area (Å²) < 4.78 is 24.9. The van der Waals surface area contributed by atoms with Crippen LogP contribution in [-0.2, 0) is 16.4 Å². The van der Waals surface area contributed by atoms with Gasteiger partial charge in [0.05, 0.1) is 6.26 Å². The van der Waals surface area contributed by atoms with Crippen molar-refractivity contribution in [3.05, 3.63) is 29.8 Å². The van der Waals surface area contributed by atoms with Crippen LogP contribution in [0, 0.1) is 5.92 Å². The molecule has 1 N–H and O–H groups in total. The molecule has 5 heteroatoms. The topological polar surface area (TPSA) is 49.4 Å². The highest BCUT2D eigenvalue weighted by atomic mass is 32.2. The van der Waals surface area contributed by atoms with Crippen LogP contribution in [0.5, 0.6) is 0 Å². The van der Waals surface area contributed by atoms with E-state index in [1.54, 1.807) is 4.31 Å². The van der Waals surface area contributed by atoms with Crippen molar-refractivity contribution in [1.29, 1.82) is 0 Å². The minimum atomic E-state index is -3.05. The Morgan fingerprint density at radius 2 is 2.10 bits per heavy atom. The summed E-state index contributed by atoms with van der Waals surface area (Å²) in [5, 5.41) is 3.52. The van der Waals surface area contributed by atoms with Crippen LogP contribution >= 0.6 is 0 Å². The maximum Gasteiger partial charge on any atom is 0.211 e. The van der Waals surface area contributed by atoms with Crippen LogP contribution in [0.3, 0.4) is 0 Å². The average molecular weight is 310 g/mol. The van der Waals surface area contributed by atoms with Crippen molar-refractivity contribution < 1.29 is 8.42 Å². The first-order valence-electron chi connectivity index (χ1n) is 7.77. The minimum absolute atomic E-state index is 0.392. The molecular weight excluding hydrogens is 284 g/mol. The van der Waals surface area contributed by atoms with Gasteiger partial charge in [0.2, 0.25) is 10.0 Å². The zero-order chi connectivity index (χ0) is 15.3. The number of para-hydroxylation sites is 1. The first-order chi connectivity index (χ1) is 10.0. The fourth-order valence-electron chi connectivity index (χ4n) is 2.93. The Balaban J connectivity index is 1.94. The Morgan fingerprint density at radius 1 is 1.33 bits per heavy atom. The molecule has 0 bridgehead atoms. The number of hydrogen-bond acceptors (Lipinski definition) is 3. The fourth-order valence-corrected chi connectivity index (χ4v) is 3.87. The molecule has 1 aromatic carbocycles. The number of piperidine rings is 1. The molecule has 1 aliphatic rings. The van der Waals surface area contributed by atoms with E-state index < -0.39 is 10.0 Å². The number of hydrogen-bond donors (Lipinski definition) is 1. The number of nitrogens with zero attached hydrogens (tertiary/aromatic N) is 1. The van der Waals surface area contributed by atoms with Gasteiger partial charge in [0.25, 0.3) is 0 Å². The van der Waals surface area contributed by atoms with Gasteiger partial charge in [0.15, 0.2) is 0 Å². The maximum atomic E-state index is 11.7. The maximum absolute atomic E-state index is 11.7. The zero-order valence-electron chi connectivity index (χ0n) is 13.0. The van der Waals surface area contributed by atoms with Crippen LogP contribution in [0.1, 0.15) is 31.7 Å². The molecule has 1 saturated heterocycles. The second-order valence-corrected chi connectivity index (χ2v) is 7.90. The molecule has 0 spiro atoms. The Kier molecular flexibility index (Phi) is 5.65. The minimum Gasteiger partial charge on any atom is -0.384 e. The van der Waals surface area contributed by atoms with E-state index in [0.29, 0.717) is 19.0 Å². The highest BCUT2D eigenvalue weighted by molar-refractivity contribution is 7.88. The van der Waals surface area contributed by atoms with Crippen LogP contribution in [-0.4, -0.2) is 38.6 Å². The number of nitrogens with one attached hydrogen (secondary N) is 1. The highest BCUT2D eigenvalue weighted by Gasteiger charge is 2.25. The van der Waals surface area contributed by atoms with E-state index in [1.165, 1.54) is 17.5 Å². The van der Waals surface area contributed by atoms with Crippen molar-refractivity contribution in [3.63, 3.8) is 0 Å². The Morgan fingerprint density at radius 3 is 2.81 bits per heavy atom. The first kappa shape index (κ1) is 16.3. The summed E-state index contributed by atoms with van der Waals surface area (Å²) in [5.74, 6) is 0.392. The largest absolute Gasteiger partial charge is 0.384 e. The molecule has 1 unspecified atom stereocenters. The van der Waals surface area contributed by atoms with E-state index >= 15 is 0 Å². The van der Waals surface area contributed by atoms with Crippen molar-refractivity contribution in [2.75, 3.05) is 31.2 Å². The van der Waals surface area contributed by atoms with E-state index in [4.69, 9.17) is 0 Å². The van der Waals surface area contributed by atoms with Gasteiger partial charge in [0, 0.05) is 25.3 Å². The smallest absolute Gasteiger partial charge is 0.211 e. The molecule has 4 nitrogen and oxygen atoms in total. The van der Waals surface area contributed by atoms with Gasteiger partial charge in [-0.2, -0.15) is 0 Å². The SMILES string of the molecule is CCCc1ccccc1NCC1CCCN(S(C)(=O)=O)C1. The number of sulfonamides is 1. The van der Waals surface area contributed by atoms with Crippen molar-refractivity contribution >= 4 is 15.7 Å². The predicted octanol–water partition coefficient (Wildman–Crippen LogP) is 2.72. The van der Waals surface area contributed by atoms with E-state index in [1.807, 2.05) is 6.07 Å². The molecule has 0 aliphatic carbocycles. The Bertz CT molecular complexity index is 557. The standard InChI is InChI=1S/C16H26N2O2S/c1-3-7-15-9-4-5-10-16(15)17-12-14-8-6-11-18(13-14)21(2,19)20/h4-5,9-10,14,17H,3,6-8,11-13H2,1-2H3. The molecule has 2 rings (SSSR count). The van der Waals surface area contributed by atoms with Crippen LogP contribution in [0.4, 0.5) is 5.69 Å². The summed E-state index contributed by atoms with van der Waals surface area (Å²) >= 11 is 0. The van der Waals surface area contributed by atoms with Gasteiger partial charge in [-0.05, 0) is 36.8 Å². The van der Waals surface area contributed by atoms with Gasteiger partial charge in [-0.25, -0.2) is 12.7 Å². The average Bonchev–Trinajstić information content (AvgIpc) is 2.46. The van der Waals surface area contributed by atoms with Gasteiger partial charge in [-0.3, -0.25) is 0 Å². The third-order valence-electron chi connectivity index (χ3n) is 4.07. The number of anilines is 1. The second-order valence-electron chi connectivity index (χ2n) is 5.92. The predicted molar refractivity (Wildman–Crippen MR) is 88.1 cm³/mol. The molecule has 0 amide bonds. The van der Waals surface area contributed by atoms with Crippen molar-refractivity contribution in [3.8, 4) is 0 Å². The summed E-state index contributed by atoms with van der Waals surface area (Å²) in [6.07, 6.45) is 5.55. The zero-order valence-corrected chi connectivity index (χ0v) is 13.8. The Labute approximate surface area is 128 Å². The lowest BCUT2D eigenvalue weighted by molar-refractivity contribution is 0.277. The number of rotatable bonds is 6. The lowest BCUT2D eigenvalue weighted by Gasteiger charge is -2.31. The third kappa shape index (κ3) is 4.71. The summed E-state index contributed by atoms with van der Waals surface area (Å²) in [6, 6.07) is 8.39. The molecule has 21 heavy (non-hydrogen) atoms. The van der Waals surface area contributed by atoms with Crippen molar-refractivity contribution in [1.82, 2.24) is 4.31 Å². The van der Waals surface area contributed by atoms with Crippen molar-refractivity contribution in [2.45, 2.75) is 32.6 Å². The molecule has 1 aliphatic heterocycles. The molecule has 0 aromatic heterocycles. The third-order valence-corrected chi connectivity index (χ3v) is 5.34. The molecule has 1 fully saturated rings. The van der Waals surface area contributed by atoms with Gasteiger partial charge >= 0.3 is 0 Å². The van der Waals surface area contributed by atoms with Crippen LogP contribution in [0.2, 0.25) is 0 Å². The normalized spacial score (nSPS) is 20.4. The number of benzene rings is 1.